The Balaban J connectivity index is 2.49. The molecule has 0 aliphatic rings. The number of aryl methyl sites for hydroxylation is 1. The van der Waals surface area contributed by atoms with Crippen LogP contribution in [-0.2, 0) is 5.41 Å². The maximum atomic E-state index is 11.2. The normalized spacial score (nSPS) is 11.6. The summed E-state index contributed by atoms with van der Waals surface area (Å²) in [6, 6.07) is 7.97. The van der Waals surface area contributed by atoms with Gasteiger partial charge >= 0.3 is 5.97 Å². The van der Waals surface area contributed by atoms with Crippen LogP contribution in [0.1, 0.15) is 42.5 Å². The van der Waals surface area contributed by atoms with Gasteiger partial charge in [-0.15, -0.1) is 0 Å². The summed E-state index contributed by atoms with van der Waals surface area (Å²) in [5.74, 6) is -1.01. The lowest BCUT2D eigenvalue weighted by Crippen LogP contribution is -2.10. The van der Waals surface area contributed by atoms with E-state index in [0.717, 1.165) is 11.3 Å². The van der Waals surface area contributed by atoms with Gasteiger partial charge in [0, 0.05) is 11.3 Å². The monoisotopic (exact) mass is 258 g/mol. The van der Waals surface area contributed by atoms with Crippen LogP contribution in [-0.4, -0.2) is 21.3 Å². The molecule has 4 heteroatoms. The number of carboxylic acids is 1. The zero-order valence-corrected chi connectivity index (χ0v) is 11.6. The molecule has 0 unspecified atom stereocenters. The summed E-state index contributed by atoms with van der Waals surface area (Å²) >= 11 is 0. The molecule has 1 heterocycles. The van der Waals surface area contributed by atoms with Gasteiger partial charge in [0.2, 0.25) is 0 Å². The van der Waals surface area contributed by atoms with E-state index in [0.29, 0.717) is 5.56 Å². The third kappa shape index (κ3) is 2.52. The van der Waals surface area contributed by atoms with Crippen molar-refractivity contribution < 1.29 is 9.90 Å². The Bertz CT molecular complexity index is 604. The van der Waals surface area contributed by atoms with E-state index in [-0.39, 0.29) is 11.1 Å². The molecule has 0 atom stereocenters. The van der Waals surface area contributed by atoms with Gasteiger partial charge in [-0.2, -0.15) is 5.10 Å². The number of hydrogen-bond donors (Lipinski definition) is 2. The van der Waals surface area contributed by atoms with Crippen LogP contribution in [0, 0.1) is 6.92 Å². The van der Waals surface area contributed by atoms with Crippen LogP contribution in [0.3, 0.4) is 0 Å². The fraction of sp³-hybridized carbons (Fsp3) is 0.333. The fourth-order valence-electron chi connectivity index (χ4n) is 2.07. The molecule has 0 spiro atoms. The Labute approximate surface area is 112 Å². The number of hydrogen-bond acceptors (Lipinski definition) is 2. The number of H-pyrrole nitrogens is 1. The van der Waals surface area contributed by atoms with E-state index in [1.54, 1.807) is 0 Å². The lowest BCUT2D eigenvalue weighted by atomic mass is 9.86. The topological polar surface area (TPSA) is 66.0 Å². The number of aromatic amines is 1. The quantitative estimate of drug-likeness (QED) is 0.867. The standard InChI is InChI=1S/C15H18N2O2/c1-9-12(13(14(18)19)17-16-9)10-5-7-11(8-6-10)15(2,3)4/h5-8H,1-4H3,(H,16,17)(H,18,19). The van der Waals surface area contributed by atoms with Crippen molar-refractivity contribution in [3.8, 4) is 11.1 Å². The Hall–Kier alpha value is -2.10. The van der Waals surface area contributed by atoms with Gasteiger partial charge in [0.15, 0.2) is 5.69 Å². The van der Waals surface area contributed by atoms with Crippen molar-refractivity contribution in [2.75, 3.05) is 0 Å². The molecule has 0 saturated heterocycles. The van der Waals surface area contributed by atoms with E-state index in [4.69, 9.17) is 5.11 Å². The lowest BCUT2D eigenvalue weighted by molar-refractivity contribution is 0.0691. The molecule has 0 fully saturated rings. The Morgan fingerprint density at radius 3 is 2.26 bits per heavy atom. The number of nitrogens with zero attached hydrogens (tertiary/aromatic N) is 1. The molecule has 0 aliphatic heterocycles. The highest BCUT2D eigenvalue weighted by Crippen LogP contribution is 2.29. The summed E-state index contributed by atoms with van der Waals surface area (Å²) in [5, 5.41) is 15.7. The van der Waals surface area contributed by atoms with Gasteiger partial charge in [0.05, 0.1) is 0 Å². The molecule has 1 aromatic heterocycles. The minimum atomic E-state index is -1.01. The second-order valence-corrected chi connectivity index (χ2v) is 5.70. The zero-order valence-electron chi connectivity index (χ0n) is 11.6. The molecule has 0 amide bonds. The first-order valence-corrected chi connectivity index (χ1v) is 6.20. The number of aromatic nitrogens is 2. The largest absolute Gasteiger partial charge is 0.476 e. The highest BCUT2D eigenvalue weighted by Gasteiger charge is 2.19. The Morgan fingerprint density at radius 1 is 1.21 bits per heavy atom. The molecule has 0 bridgehead atoms. The molecular weight excluding hydrogens is 240 g/mol. The molecule has 4 nitrogen and oxygen atoms in total. The minimum absolute atomic E-state index is 0.0704. The molecule has 0 saturated carbocycles. The summed E-state index contributed by atoms with van der Waals surface area (Å²) < 4.78 is 0. The van der Waals surface area contributed by atoms with Gasteiger partial charge in [-0.3, -0.25) is 5.10 Å². The number of benzene rings is 1. The molecule has 2 aromatic rings. The van der Waals surface area contributed by atoms with E-state index in [2.05, 4.69) is 31.0 Å². The average molecular weight is 258 g/mol. The number of nitrogens with one attached hydrogen (secondary N) is 1. The van der Waals surface area contributed by atoms with E-state index in [1.807, 2.05) is 31.2 Å². The van der Waals surface area contributed by atoms with Crippen molar-refractivity contribution in [1.29, 1.82) is 0 Å². The molecule has 19 heavy (non-hydrogen) atoms. The average Bonchev–Trinajstić information content (AvgIpc) is 2.70. The van der Waals surface area contributed by atoms with E-state index < -0.39 is 5.97 Å². The van der Waals surface area contributed by atoms with Crippen molar-refractivity contribution in [2.24, 2.45) is 0 Å². The number of carboxylic acid groups (broad SMARTS) is 1. The van der Waals surface area contributed by atoms with Crippen molar-refractivity contribution in [3.05, 3.63) is 41.2 Å². The van der Waals surface area contributed by atoms with Crippen LogP contribution in [0.2, 0.25) is 0 Å². The summed E-state index contributed by atoms with van der Waals surface area (Å²) in [4.78, 5) is 11.2. The van der Waals surface area contributed by atoms with Crippen molar-refractivity contribution >= 4 is 5.97 Å². The Kier molecular flexibility index (Phi) is 3.18. The molecule has 1 aromatic carbocycles. The van der Waals surface area contributed by atoms with Gasteiger partial charge in [-0.05, 0) is 23.5 Å². The smallest absolute Gasteiger partial charge is 0.357 e. The Morgan fingerprint density at radius 2 is 1.79 bits per heavy atom. The summed E-state index contributed by atoms with van der Waals surface area (Å²) in [6.45, 7) is 8.27. The van der Waals surface area contributed by atoms with Crippen LogP contribution < -0.4 is 0 Å². The minimum Gasteiger partial charge on any atom is -0.476 e. The fourth-order valence-corrected chi connectivity index (χ4v) is 2.07. The van der Waals surface area contributed by atoms with Crippen LogP contribution in [0.15, 0.2) is 24.3 Å². The molecule has 100 valence electrons. The summed E-state index contributed by atoms with van der Waals surface area (Å²) in [6.07, 6.45) is 0. The van der Waals surface area contributed by atoms with Crippen LogP contribution in [0.4, 0.5) is 0 Å². The number of carbonyl (C=O) groups is 1. The third-order valence-electron chi connectivity index (χ3n) is 3.19. The van der Waals surface area contributed by atoms with E-state index in [9.17, 15) is 4.79 Å². The van der Waals surface area contributed by atoms with Gasteiger partial charge in [-0.1, -0.05) is 45.0 Å². The van der Waals surface area contributed by atoms with Gasteiger partial charge in [0.25, 0.3) is 0 Å². The van der Waals surface area contributed by atoms with Crippen molar-refractivity contribution in [2.45, 2.75) is 33.1 Å². The van der Waals surface area contributed by atoms with Crippen molar-refractivity contribution in [3.63, 3.8) is 0 Å². The first-order chi connectivity index (χ1) is 8.80. The molecular formula is C15H18N2O2. The van der Waals surface area contributed by atoms with Gasteiger partial charge in [-0.25, -0.2) is 4.79 Å². The highest BCUT2D eigenvalue weighted by molar-refractivity contribution is 5.94. The van der Waals surface area contributed by atoms with Gasteiger partial charge < -0.3 is 5.11 Å². The van der Waals surface area contributed by atoms with Crippen molar-refractivity contribution in [1.82, 2.24) is 10.2 Å². The molecule has 0 aliphatic carbocycles. The van der Waals surface area contributed by atoms with Crippen LogP contribution >= 0.6 is 0 Å². The van der Waals surface area contributed by atoms with Crippen LogP contribution in [0.5, 0.6) is 0 Å². The zero-order chi connectivity index (χ0) is 14.2. The van der Waals surface area contributed by atoms with E-state index >= 15 is 0 Å². The van der Waals surface area contributed by atoms with Gasteiger partial charge in [0.1, 0.15) is 0 Å². The summed E-state index contributed by atoms with van der Waals surface area (Å²) in [7, 11) is 0. The summed E-state index contributed by atoms with van der Waals surface area (Å²) in [5.41, 5.74) is 3.67. The first-order valence-electron chi connectivity index (χ1n) is 6.20. The SMILES string of the molecule is Cc1[nH]nc(C(=O)O)c1-c1ccc(C(C)(C)C)cc1. The second-order valence-electron chi connectivity index (χ2n) is 5.70. The van der Waals surface area contributed by atoms with Crippen LogP contribution in [0.25, 0.3) is 11.1 Å². The van der Waals surface area contributed by atoms with E-state index in [1.165, 1.54) is 5.56 Å². The number of aromatic carboxylic acids is 1. The predicted molar refractivity (Wildman–Crippen MR) is 74.4 cm³/mol. The predicted octanol–water partition coefficient (Wildman–Crippen LogP) is 3.38. The lowest BCUT2D eigenvalue weighted by Gasteiger charge is -2.19. The number of rotatable bonds is 2. The second kappa shape index (κ2) is 4.53. The third-order valence-corrected chi connectivity index (χ3v) is 3.19. The molecule has 2 N–H and O–H groups in total. The maximum absolute atomic E-state index is 11.2. The first kappa shape index (κ1) is 13.3. The maximum Gasteiger partial charge on any atom is 0.357 e. The molecule has 0 radical (unpaired) electrons. The molecule has 2 rings (SSSR count). The highest BCUT2D eigenvalue weighted by atomic mass is 16.4.